The fourth-order valence-electron chi connectivity index (χ4n) is 7.42. The van der Waals surface area contributed by atoms with E-state index in [9.17, 15) is 9.59 Å². The highest BCUT2D eigenvalue weighted by atomic mass is 16.5. The monoisotopic (exact) mass is 781 g/mol. The molecule has 0 aromatic heterocycles. The van der Waals surface area contributed by atoms with Gasteiger partial charge in [-0.15, -0.1) is 0 Å². The fraction of sp³-hybridized carbons (Fsp3) is 0.708. The van der Waals surface area contributed by atoms with Crippen molar-refractivity contribution in [1.29, 1.82) is 0 Å². The van der Waals surface area contributed by atoms with Crippen molar-refractivity contribution >= 4 is 11.8 Å². The molecule has 0 N–H and O–H groups in total. The molecule has 0 saturated carbocycles. The molecule has 2 aromatic carbocycles. The summed E-state index contributed by atoms with van der Waals surface area (Å²) in [7, 11) is 8.61. The van der Waals surface area contributed by atoms with Crippen LogP contribution in [0.5, 0.6) is 11.5 Å². The second kappa shape index (κ2) is 28.3. The number of carbonyl (C=O) groups excluding carboxylic acids is 2. The number of unbranched alkanes of at least 4 members (excludes halogenated alkanes) is 9. The third-order valence-corrected chi connectivity index (χ3v) is 11.8. The summed E-state index contributed by atoms with van der Waals surface area (Å²) in [4.78, 5) is 29.4. The smallest absolute Gasteiger partial charge is 0.222 e. The van der Waals surface area contributed by atoms with Crippen LogP contribution in [0.1, 0.15) is 142 Å². The van der Waals surface area contributed by atoms with Crippen LogP contribution in [0.4, 0.5) is 0 Å². The summed E-state index contributed by atoms with van der Waals surface area (Å²) >= 11 is 0. The molecular weight excluding hydrogens is 697 g/mol. The normalized spacial score (nSPS) is 13.5. The van der Waals surface area contributed by atoms with Gasteiger partial charge in [-0.3, -0.25) is 9.59 Å². The molecule has 0 saturated heterocycles. The summed E-state index contributed by atoms with van der Waals surface area (Å²) in [6.45, 7) is 18.4. The Morgan fingerprint density at radius 3 is 1.25 bits per heavy atom. The van der Waals surface area contributed by atoms with Gasteiger partial charge in [0, 0.05) is 51.2 Å². The summed E-state index contributed by atoms with van der Waals surface area (Å²) in [5, 5.41) is 0. The molecule has 0 aliphatic carbocycles. The Morgan fingerprint density at radius 2 is 0.875 bits per heavy atom. The van der Waals surface area contributed by atoms with Crippen LogP contribution in [-0.2, 0) is 22.7 Å². The highest BCUT2D eigenvalue weighted by Gasteiger charge is 2.23. The van der Waals surface area contributed by atoms with E-state index in [1.807, 2.05) is 23.9 Å². The second-order valence-corrected chi connectivity index (χ2v) is 16.9. The number of para-hydroxylation sites is 2. The van der Waals surface area contributed by atoms with Crippen LogP contribution in [0.2, 0.25) is 0 Å². The van der Waals surface area contributed by atoms with E-state index < -0.39 is 0 Å². The molecule has 56 heavy (non-hydrogen) atoms. The second-order valence-electron chi connectivity index (χ2n) is 16.9. The molecule has 2 unspecified atom stereocenters. The molecule has 318 valence electrons. The van der Waals surface area contributed by atoms with Gasteiger partial charge < -0.3 is 28.2 Å². The van der Waals surface area contributed by atoms with Gasteiger partial charge in [-0.25, -0.2) is 0 Å². The molecule has 2 rings (SSSR count). The average molecular weight is 781 g/mol. The standard InChI is InChI=1S/C48H84N4O4/c1-9-39-55-45-31-23-21-29-43(45)41-51(7,11-3)37-27-17-19-33-47(53)49(5)35-25-15-13-14-16-26-36-50(6)48(54)34-20-18-28-38-52(8,12-4)42-44-30-22-24-32-46(44)56-40-10-2/h21-24,29-32H,9-20,25-28,33-42H2,1-8H3/q+2. The molecule has 0 bridgehead atoms. The number of quaternary nitrogens is 2. The molecular formula is C48H84N4O4+2. The van der Waals surface area contributed by atoms with Crippen LogP contribution in [0, 0.1) is 0 Å². The van der Waals surface area contributed by atoms with Gasteiger partial charge in [0.05, 0.1) is 53.5 Å². The van der Waals surface area contributed by atoms with E-state index in [2.05, 4.69) is 90.3 Å². The van der Waals surface area contributed by atoms with E-state index in [1.165, 1.54) is 24.0 Å². The van der Waals surface area contributed by atoms with E-state index in [1.54, 1.807) is 0 Å². The van der Waals surface area contributed by atoms with Crippen molar-refractivity contribution in [3.8, 4) is 11.5 Å². The Morgan fingerprint density at radius 1 is 0.518 bits per heavy atom. The van der Waals surface area contributed by atoms with Gasteiger partial charge >= 0.3 is 0 Å². The topological polar surface area (TPSA) is 59.1 Å². The van der Waals surface area contributed by atoms with Crippen LogP contribution in [0.15, 0.2) is 48.5 Å². The van der Waals surface area contributed by atoms with E-state index in [4.69, 9.17) is 9.47 Å². The fourth-order valence-corrected chi connectivity index (χ4v) is 7.42. The molecule has 8 nitrogen and oxygen atoms in total. The Labute approximate surface area is 344 Å². The van der Waals surface area contributed by atoms with E-state index in [0.29, 0.717) is 12.8 Å². The summed E-state index contributed by atoms with van der Waals surface area (Å²) in [5.41, 5.74) is 2.58. The van der Waals surface area contributed by atoms with Crippen LogP contribution in [0.25, 0.3) is 0 Å². The first kappa shape index (κ1) is 49.0. The summed E-state index contributed by atoms with van der Waals surface area (Å²) < 4.78 is 14.0. The maximum Gasteiger partial charge on any atom is 0.222 e. The van der Waals surface area contributed by atoms with Crippen molar-refractivity contribution in [2.75, 3.05) is 80.7 Å². The zero-order valence-corrected chi connectivity index (χ0v) is 37.4. The lowest BCUT2D eigenvalue weighted by atomic mass is 10.1. The highest BCUT2D eigenvalue weighted by Crippen LogP contribution is 2.25. The molecule has 0 aliphatic heterocycles. The Kier molecular flexibility index (Phi) is 24.8. The van der Waals surface area contributed by atoms with Crippen LogP contribution < -0.4 is 9.47 Å². The number of amides is 2. The maximum absolute atomic E-state index is 12.8. The Bertz CT molecular complexity index is 1250. The number of benzene rings is 2. The minimum absolute atomic E-state index is 0.279. The first-order valence-electron chi connectivity index (χ1n) is 22.6. The van der Waals surface area contributed by atoms with Crippen LogP contribution >= 0.6 is 0 Å². The van der Waals surface area contributed by atoms with Gasteiger partial charge in [0.1, 0.15) is 24.6 Å². The minimum Gasteiger partial charge on any atom is -0.493 e. The van der Waals surface area contributed by atoms with Gasteiger partial charge in [0.15, 0.2) is 0 Å². The van der Waals surface area contributed by atoms with Gasteiger partial charge in [-0.05, 0) is 102 Å². The predicted octanol–water partition coefficient (Wildman–Crippen LogP) is 10.3. The molecule has 0 fully saturated rings. The Hall–Kier alpha value is -3.10. The van der Waals surface area contributed by atoms with E-state index >= 15 is 0 Å². The Balaban J connectivity index is 1.50. The van der Waals surface area contributed by atoms with Gasteiger partial charge in [-0.1, -0.05) is 63.8 Å². The number of hydrogen-bond donors (Lipinski definition) is 0. The summed E-state index contributed by atoms with van der Waals surface area (Å²) in [6, 6.07) is 16.9. The van der Waals surface area contributed by atoms with Gasteiger partial charge in [-0.2, -0.15) is 0 Å². The molecule has 2 atom stereocenters. The number of carbonyl (C=O) groups is 2. The third-order valence-electron chi connectivity index (χ3n) is 11.8. The first-order valence-corrected chi connectivity index (χ1v) is 22.6. The largest absolute Gasteiger partial charge is 0.493 e. The highest BCUT2D eigenvalue weighted by molar-refractivity contribution is 5.76. The van der Waals surface area contributed by atoms with Crippen molar-refractivity contribution in [3.05, 3.63) is 59.7 Å². The maximum atomic E-state index is 12.8. The van der Waals surface area contributed by atoms with Crippen molar-refractivity contribution in [2.45, 2.75) is 144 Å². The first-order chi connectivity index (χ1) is 27.0. The van der Waals surface area contributed by atoms with E-state index in [-0.39, 0.29) is 11.8 Å². The molecule has 0 heterocycles. The summed E-state index contributed by atoms with van der Waals surface area (Å²) in [6.07, 6.45) is 16.5. The molecule has 0 aliphatic rings. The SMILES string of the molecule is CCCOc1ccccc1C[N+](C)(CC)CCCCCC(=O)N(C)CCCCCCCCN(C)C(=O)CCCCC[N+](C)(CC)Cc1ccccc1OCCC. The zero-order valence-electron chi connectivity index (χ0n) is 37.4. The summed E-state index contributed by atoms with van der Waals surface area (Å²) in [5.74, 6) is 2.60. The number of hydrogen-bond acceptors (Lipinski definition) is 4. The lowest BCUT2D eigenvalue weighted by Gasteiger charge is -2.34. The van der Waals surface area contributed by atoms with Gasteiger partial charge in [0.25, 0.3) is 0 Å². The zero-order chi connectivity index (χ0) is 41.1. The lowest BCUT2D eigenvalue weighted by molar-refractivity contribution is -0.921. The van der Waals surface area contributed by atoms with Crippen molar-refractivity contribution in [1.82, 2.24) is 9.80 Å². The molecule has 2 aromatic rings. The van der Waals surface area contributed by atoms with E-state index in [0.717, 1.165) is 163 Å². The van der Waals surface area contributed by atoms with Crippen LogP contribution in [-0.4, -0.2) is 111 Å². The minimum atomic E-state index is 0.279. The average Bonchev–Trinajstić information content (AvgIpc) is 3.20. The number of rotatable bonds is 33. The van der Waals surface area contributed by atoms with Crippen molar-refractivity contribution in [2.24, 2.45) is 0 Å². The lowest BCUT2D eigenvalue weighted by Crippen LogP contribution is -2.43. The molecule has 2 amide bonds. The molecule has 0 radical (unpaired) electrons. The van der Waals surface area contributed by atoms with Crippen molar-refractivity contribution in [3.63, 3.8) is 0 Å². The van der Waals surface area contributed by atoms with Gasteiger partial charge in [0.2, 0.25) is 11.8 Å². The predicted molar refractivity (Wildman–Crippen MR) is 235 cm³/mol. The molecule has 0 spiro atoms. The third kappa shape index (κ3) is 19.9. The van der Waals surface area contributed by atoms with Crippen molar-refractivity contribution < 1.29 is 28.0 Å². The molecule has 8 heteroatoms. The number of ether oxygens (including phenoxy) is 2. The number of nitrogens with zero attached hydrogens (tertiary/aromatic N) is 4. The quantitative estimate of drug-likeness (QED) is 0.0535. The van der Waals surface area contributed by atoms with Crippen LogP contribution in [0.3, 0.4) is 0 Å².